The normalized spacial score (nSPS) is 12.2. The summed E-state index contributed by atoms with van der Waals surface area (Å²) in [6, 6.07) is 59.5. The highest BCUT2D eigenvalue weighted by Gasteiger charge is 2.23. The van der Waals surface area contributed by atoms with Crippen LogP contribution in [0.2, 0.25) is 0 Å². The van der Waals surface area contributed by atoms with Crippen LogP contribution >= 0.6 is 0 Å². The summed E-state index contributed by atoms with van der Waals surface area (Å²) in [5.74, 6) is 1.89. The number of hydrogen-bond acceptors (Lipinski definition) is 4. The van der Waals surface area contributed by atoms with E-state index >= 15 is 0 Å². The molecule has 2 heterocycles. The van der Waals surface area contributed by atoms with Gasteiger partial charge in [0.05, 0.1) is 16.9 Å². The maximum atomic E-state index is 5.15. The zero-order valence-electron chi connectivity index (χ0n) is 33.7. The van der Waals surface area contributed by atoms with E-state index in [1.807, 2.05) is 74.5 Å². The van der Waals surface area contributed by atoms with Crippen molar-refractivity contribution in [3.05, 3.63) is 193 Å². The van der Waals surface area contributed by atoms with Crippen LogP contribution in [0.15, 0.2) is 182 Å². The Bertz CT molecular complexity index is 2820. The molecule has 0 fully saturated rings. The van der Waals surface area contributed by atoms with Crippen molar-refractivity contribution in [2.24, 2.45) is 0 Å². The molecule has 0 spiro atoms. The smallest absolute Gasteiger partial charge is 0.164 e. The largest absolute Gasteiger partial charge is 0.341 e. The molecule has 284 valence electrons. The first-order valence-corrected chi connectivity index (χ1v) is 20.2. The molecule has 58 heavy (non-hydrogen) atoms. The minimum atomic E-state index is 0.0557. The molecule has 9 aromatic rings. The van der Waals surface area contributed by atoms with Crippen molar-refractivity contribution < 1.29 is 0 Å². The fraction of sp³-hybridized carbons (Fsp3) is 0.113. The molecular weight excluding hydrogens is 707 g/mol. The number of hydrogen-bond donors (Lipinski definition) is 0. The van der Waals surface area contributed by atoms with E-state index in [2.05, 4.69) is 158 Å². The van der Waals surface area contributed by atoms with E-state index in [0.29, 0.717) is 17.5 Å². The standard InChI is InChI=1S/C51H41N5.C2H6/c1-4-31-55(42-26-16-9-17-27-42)35(3)44-30-29-37-25-18-28-46-47(37)48(44)45(5-2)56(46)43-33-40(36-19-10-6-11-20-36)32-41(34-43)51-53-49(38-21-12-7-13-22-38)52-50(54-51)39-23-14-8-15-24-39;1-2/h4-35H,1-3H3;1-2H3/b31-4-,45-5+;. The Kier molecular flexibility index (Phi) is 11.0. The molecule has 0 N–H and O–H groups in total. The average Bonchev–Trinajstić information content (AvgIpc) is 3.65. The number of para-hydroxylation sites is 1. The fourth-order valence-corrected chi connectivity index (χ4v) is 7.93. The maximum absolute atomic E-state index is 5.15. The number of aromatic nitrogens is 4. The van der Waals surface area contributed by atoms with E-state index in [9.17, 15) is 0 Å². The van der Waals surface area contributed by atoms with Crippen molar-refractivity contribution in [3.8, 4) is 51.0 Å². The van der Waals surface area contributed by atoms with Crippen molar-refractivity contribution >= 4 is 33.4 Å². The third-order valence-corrected chi connectivity index (χ3v) is 10.5. The van der Waals surface area contributed by atoms with Gasteiger partial charge in [-0.15, -0.1) is 0 Å². The Balaban J connectivity index is 0.00000231. The summed E-state index contributed by atoms with van der Waals surface area (Å²) in [7, 11) is 0. The second kappa shape index (κ2) is 16.9. The fourth-order valence-electron chi connectivity index (χ4n) is 7.93. The average molecular weight is 754 g/mol. The molecule has 9 rings (SSSR count). The van der Waals surface area contributed by atoms with Crippen molar-refractivity contribution in [2.75, 3.05) is 4.90 Å². The molecule has 2 aromatic heterocycles. The van der Waals surface area contributed by atoms with Crippen LogP contribution < -0.4 is 10.2 Å². The summed E-state index contributed by atoms with van der Waals surface area (Å²) in [6.07, 6.45) is 6.55. The summed E-state index contributed by atoms with van der Waals surface area (Å²) in [5, 5.41) is 4.87. The Morgan fingerprint density at radius 1 is 0.517 bits per heavy atom. The number of anilines is 1. The van der Waals surface area contributed by atoms with Gasteiger partial charge in [-0.3, -0.25) is 0 Å². The second-order valence-electron chi connectivity index (χ2n) is 14.0. The molecule has 0 radical (unpaired) electrons. The number of benzene rings is 7. The minimum Gasteiger partial charge on any atom is -0.341 e. The van der Waals surface area contributed by atoms with Gasteiger partial charge in [-0.05, 0) is 79.2 Å². The van der Waals surface area contributed by atoms with Crippen LogP contribution in [0, 0.1) is 0 Å². The molecule has 5 nitrogen and oxygen atoms in total. The van der Waals surface area contributed by atoms with Gasteiger partial charge in [0.15, 0.2) is 17.5 Å². The van der Waals surface area contributed by atoms with Crippen molar-refractivity contribution in [1.82, 2.24) is 19.5 Å². The first-order chi connectivity index (χ1) is 28.6. The van der Waals surface area contributed by atoms with Gasteiger partial charge in [-0.1, -0.05) is 159 Å². The van der Waals surface area contributed by atoms with Gasteiger partial charge in [0.2, 0.25) is 0 Å². The van der Waals surface area contributed by atoms with Crippen LogP contribution in [0.3, 0.4) is 0 Å². The zero-order valence-corrected chi connectivity index (χ0v) is 33.7. The maximum Gasteiger partial charge on any atom is 0.164 e. The molecule has 5 heteroatoms. The van der Waals surface area contributed by atoms with Crippen LogP contribution in [0.4, 0.5) is 5.69 Å². The van der Waals surface area contributed by atoms with E-state index in [1.54, 1.807) is 0 Å². The summed E-state index contributed by atoms with van der Waals surface area (Å²) < 4.78 is 2.42. The minimum absolute atomic E-state index is 0.0557. The van der Waals surface area contributed by atoms with E-state index in [1.165, 1.54) is 21.7 Å². The lowest BCUT2D eigenvalue weighted by molar-refractivity contribution is 0.773. The Morgan fingerprint density at radius 2 is 1.05 bits per heavy atom. The summed E-state index contributed by atoms with van der Waals surface area (Å²) in [5.41, 5.74) is 9.59. The van der Waals surface area contributed by atoms with Crippen molar-refractivity contribution in [1.29, 1.82) is 0 Å². The van der Waals surface area contributed by atoms with Gasteiger partial charge in [0.25, 0.3) is 0 Å². The lowest BCUT2D eigenvalue weighted by Gasteiger charge is -2.29. The van der Waals surface area contributed by atoms with Crippen LogP contribution in [0.1, 0.15) is 46.2 Å². The topological polar surface area (TPSA) is 46.8 Å². The van der Waals surface area contributed by atoms with Crippen LogP contribution in [-0.2, 0) is 0 Å². The van der Waals surface area contributed by atoms with Crippen LogP contribution in [-0.4, -0.2) is 19.5 Å². The molecule has 0 bridgehead atoms. The van der Waals surface area contributed by atoms with E-state index in [0.717, 1.165) is 50.1 Å². The quantitative estimate of drug-likeness (QED) is 0.147. The van der Waals surface area contributed by atoms with Crippen molar-refractivity contribution in [3.63, 3.8) is 0 Å². The molecule has 0 aliphatic heterocycles. The molecule has 1 atom stereocenters. The monoisotopic (exact) mass is 753 g/mol. The Morgan fingerprint density at radius 3 is 1.62 bits per heavy atom. The highest BCUT2D eigenvalue weighted by Crippen LogP contribution is 2.38. The Hall–Kier alpha value is -7.11. The molecule has 0 aliphatic carbocycles. The van der Waals surface area contributed by atoms with Gasteiger partial charge >= 0.3 is 0 Å². The highest BCUT2D eigenvalue weighted by atomic mass is 15.1. The third kappa shape index (κ3) is 7.19. The third-order valence-electron chi connectivity index (χ3n) is 10.5. The molecule has 0 saturated heterocycles. The van der Waals surface area contributed by atoms with Gasteiger partial charge < -0.3 is 9.47 Å². The van der Waals surface area contributed by atoms with Crippen LogP contribution in [0.25, 0.3) is 78.7 Å². The second-order valence-corrected chi connectivity index (χ2v) is 14.0. The van der Waals surface area contributed by atoms with Gasteiger partial charge in [0, 0.05) is 45.0 Å². The first kappa shape index (κ1) is 37.8. The van der Waals surface area contributed by atoms with E-state index in [4.69, 9.17) is 15.0 Å². The molecule has 7 aromatic carbocycles. The van der Waals surface area contributed by atoms with Crippen LogP contribution in [0.5, 0.6) is 0 Å². The number of rotatable bonds is 9. The zero-order chi connectivity index (χ0) is 40.0. The number of allylic oxidation sites excluding steroid dienone is 1. The number of nitrogens with zero attached hydrogens (tertiary/aromatic N) is 5. The summed E-state index contributed by atoms with van der Waals surface area (Å²) >= 11 is 0. The van der Waals surface area contributed by atoms with E-state index < -0.39 is 0 Å². The highest BCUT2D eigenvalue weighted by molar-refractivity contribution is 6.12. The lowest BCUT2D eigenvalue weighted by Crippen LogP contribution is -2.22. The molecule has 1 unspecified atom stereocenters. The Labute approximate surface area is 341 Å². The van der Waals surface area contributed by atoms with Gasteiger partial charge in [-0.2, -0.15) is 0 Å². The predicted octanol–water partition coefficient (Wildman–Crippen LogP) is 13.3. The van der Waals surface area contributed by atoms with E-state index in [-0.39, 0.29) is 6.04 Å². The summed E-state index contributed by atoms with van der Waals surface area (Å²) in [4.78, 5) is 17.7. The van der Waals surface area contributed by atoms with Gasteiger partial charge in [0.1, 0.15) is 0 Å². The molecule has 0 saturated carbocycles. The first-order valence-electron chi connectivity index (χ1n) is 20.2. The summed E-state index contributed by atoms with van der Waals surface area (Å²) in [6.45, 7) is 10.5. The lowest BCUT2D eigenvalue weighted by atomic mass is 9.97. The molecular formula is C53H47N5. The molecule has 0 aliphatic rings. The SMILES string of the molecule is C/C=C\N(c1ccccc1)C(C)c1ccc2cccc3c2c1/c(=C\C)n3-c1cc(-c2ccccc2)cc(-c2nc(-c3ccccc3)nc(-c3ccccc3)n2)c1.CC. The predicted molar refractivity (Wildman–Crippen MR) is 245 cm³/mol. The van der Waals surface area contributed by atoms with Gasteiger partial charge in [-0.25, -0.2) is 15.0 Å². The molecule has 0 amide bonds. The van der Waals surface area contributed by atoms with Crippen molar-refractivity contribution in [2.45, 2.75) is 40.7 Å².